The maximum atomic E-state index is 14.6. The van der Waals surface area contributed by atoms with E-state index in [1.807, 2.05) is 0 Å². The lowest BCUT2D eigenvalue weighted by atomic mass is 10.2. The third-order valence-corrected chi connectivity index (χ3v) is 6.00. The van der Waals surface area contributed by atoms with Gasteiger partial charge in [-0.2, -0.15) is 8.78 Å². The summed E-state index contributed by atoms with van der Waals surface area (Å²) in [5.74, 6) is -0.711. The predicted molar refractivity (Wildman–Crippen MR) is 158 cm³/mol. The van der Waals surface area contributed by atoms with Gasteiger partial charge in [-0.05, 0) is 91.9 Å². The first-order valence-corrected chi connectivity index (χ1v) is 13.8. The number of alkyl halides is 3. The number of nitrogens with two attached hydrogens (primary N) is 2. The Morgan fingerprint density at radius 1 is 0.744 bits per heavy atom. The van der Waals surface area contributed by atoms with Crippen LogP contribution in [0, 0.1) is 0 Å². The maximum Gasteiger partial charge on any atom is 0.426 e. The number of halogens is 3. The van der Waals surface area contributed by atoms with Gasteiger partial charge in [0.05, 0.1) is 37.6 Å². The summed E-state index contributed by atoms with van der Waals surface area (Å²) in [6.07, 6.45) is 2.27. The monoisotopic (exact) mass is 600 g/mol. The number of unbranched alkanes of at least 4 members (excludes halogenated alkanes) is 3. The highest BCUT2D eigenvalue weighted by Crippen LogP contribution is 2.32. The second-order valence-electron chi connectivity index (χ2n) is 9.54. The number of benzene rings is 3. The molecular formula is C32H35F3N2O6. The van der Waals surface area contributed by atoms with Gasteiger partial charge in [-0.25, -0.2) is 9.59 Å². The van der Waals surface area contributed by atoms with E-state index in [9.17, 15) is 22.8 Å². The second-order valence-corrected chi connectivity index (χ2v) is 9.54. The van der Waals surface area contributed by atoms with Crippen LogP contribution in [0.25, 0.3) is 6.08 Å². The molecule has 0 heterocycles. The molecule has 0 radical (unpaired) electrons. The van der Waals surface area contributed by atoms with Crippen molar-refractivity contribution in [2.75, 3.05) is 38.0 Å². The zero-order valence-electron chi connectivity index (χ0n) is 23.6. The van der Waals surface area contributed by atoms with Crippen LogP contribution in [0.3, 0.4) is 0 Å². The van der Waals surface area contributed by atoms with E-state index in [0.29, 0.717) is 41.1 Å². The topological polar surface area (TPSA) is 123 Å². The van der Waals surface area contributed by atoms with E-state index in [-0.39, 0.29) is 37.6 Å². The minimum absolute atomic E-state index is 0.0581. The largest absolute Gasteiger partial charge is 0.494 e. The summed E-state index contributed by atoms with van der Waals surface area (Å²) in [5.41, 5.74) is 12.7. The number of carbonyl (C=O) groups is 2. The summed E-state index contributed by atoms with van der Waals surface area (Å²) in [6, 6.07) is 15.5. The van der Waals surface area contributed by atoms with Crippen LogP contribution in [0.2, 0.25) is 0 Å². The van der Waals surface area contributed by atoms with Gasteiger partial charge in [0, 0.05) is 23.9 Å². The minimum atomic E-state index is -3.59. The Morgan fingerprint density at radius 2 is 1.35 bits per heavy atom. The first kappa shape index (κ1) is 32.8. The molecule has 8 nitrogen and oxygen atoms in total. The van der Waals surface area contributed by atoms with Crippen molar-refractivity contribution in [2.24, 2.45) is 0 Å². The lowest BCUT2D eigenvalue weighted by Crippen LogP contribution is -2.21. The van der Waals surface area contributed by atoms with Gasteiger partial charge < -0.3 is 30.4 Å². The summed E-state index contributed by atoms with van der Waals surface area (Å²) < 4.78 is 61.8. The molecule has 4 N–H and O–H groups in total. The summed E-state index contributed by atoms with van der Waals surface area (Å²) in [4.78, 5) is 24.0. The van der Waals surface area contributed by atoms with Gasteiger partial charge in [-0.15, -0.1) is 0 Å². The molecule has 0 aliphatic heterocycles. The molecule has 3 aromatic rings. The second kappa shape index (κ2) is 16.7. The molecule has 0 aliphatic rings. The summed E-state index contributed by atoms with van der Waals surface area (Å²) in [7, 11) is 0. The molecule has 0 saturated heterocycles. The van der Waals surface area contributed by atoms with Crippen molar-refractivity contribution in [1.29, 1.82) is 0 Å². The van der Waals surface area contributed by atoms with Gasteiger partial charge in [-0.3, -0.25) is 4.39 Å². The molecule has 0 spiro atoms. The number of esters is 2. The van der Waals surface area contributed by atoms with Crippen molar-refractivity contribution in [3.63, 3.8) is 0 Å². The standard InChI is InChI=1S/C32H35F3N2O6/c33-16-5-19-40-28-13-9-25(10-14-28)32(34,35)43-29-11-6-23(7-12-29)8-15-30(38)41-17-3-1-2-4-18-42-31(39)24-20-26(36)22-27(37)21-24/h6-15,20-22H,1-5,16-19,36-37H2. The highest BCUT2D eigenvalue weighted by molar-refractivity contribution is 5.91. The average molecular weight is 601 g/mol. The fraction of sp³-hybridized carbons (Fsp3) is 0.312. The van der Waals surface area contributed by atoms with Crippen molar-refractivity contribution >= 4 is 29.4 Å². The minimum Gasteiger partial charge on any atom is -0.494 e. The molecule has 0 atom stereocenters. The molecule has 0 saturated carbocycles. The highest BCUT2D eigenvalue weighted by Gasteiger charge is 2.34. The third kappa shape index (κ3) is 11.6. The lowest BCUT2D eigenvalue weighted by Gasteiger charge is -2.18. The lowest BCUT2D eigenvalue weighted by molar-refractivity contribution is -0.185. The first-order valence-electron chi connectivity index (χ1n) is 13.8. The normalized spacial score (nSPS) is 11.3. The molecule has 0 amide bonds. The SMILES string of the molecule is Nc1cc(N)cc(C(=O)OCCCCCCOC(=O)C=Cc2ccc(OC(F)(F)c3ccc(OCCCF)cc3)cc2)c1. The van der Waals surface area contributed by atoms with Crippen LogP contribution in [-0.2, 0) is 20.4 Å². The summed E-state index contributed by atoms with van der Waals surface area (Å²) in [6.45, 7) is 0.131. The van der Waals surface area contributed by atoms with Crippen molar-refractivity contribution in [3.8, 4) is 11.5 Å². The van der Waals surface area contributed by atoms with E-state index in [0.717, 1.165) is 12.8 Å². The van der Waals surface area contributed by atoms with E-state index < -0.39 is 24.7 Å². The highest BCUT2D eigenvalue weighted by atomic mass is 19.3. The summed E-state index contributed by atoms with van der Waals surface area (Å²) in [5, 5.41) is 0. The van der Waals surface area contributed by atoms with Gasteiger partial charge in [-0.1, -0.05) is 12.1 Å². The smallest absolute Gasteiger partial charge is 0.426 e. The Balaban J connectivity index is 1.31. The summed E-state index contributed by atoms with van der Waals surface area (Å²) >= 11 is 0. The third-order valence-electron chi connectivity index (χ3n) is 6.00. The Kier molecular flexibility index (Phi) is 12.7. The van der Waals surface area contributed by atoms with Crippen molar-refractivity contribution in [2.45, 2.75) is 38.2 Å². The zero-order chi connectivity index (χ0) is 31.1. The van der Waals surface area contributed by atoms with Crippen LogP contribution < -0.4 is 20.9 Å². The van der Waals surface area contributed by atoms with Crippen LogP contribution in [-0.4, -0.2) is 38.4 Å². The van der Waals surface area contributed by atoms with E-state index in [1.165, 1.54) is 72.8 Å². The number of anilines is 2. The Bertz CT molecular complexity index is 1330. The molecule has 0 unspecified atom stereocenters. The molecule has 3 rings (SSSR count). The van der Waals surface area contributed by atoms with Crippen LogP contribution in [0.15, 0.2) is 72.8 Å². The van der Waals surface area contributed by atoms with E-state index in [2.05, 4.69) is 0 Å². The quantitative estimate of drug-likeness (QED) is 0.0760. The van der Waals surface area contributed by atoms with Crippen LogP contribution in [0.4, 0.5) is 24.5 Å². The Labute approximate surface area is 248 Å². The Hall–Kier alpha value is -4.67. The molecule has 0 aliphatic carbocycles. The van der Waals surface area contributed by atoms with Crippen molar-refractivity contribution in [3.05, 3.63) is 89.5 Å². The molecule has 3 aromatic carbocycles. The molecule has 0 bridgehead atoms. The molecule has 0 aromatic heterocycles. The number of carbonyl (C=O) groups excluding carboxylic acids is 2. The van der Waals surface area contributed by atoms with Gasteiger partial charge >= 0.3 is 18.0 Å². The number of hydrogen-bond donors (Lipinski definition) is 2. The predicted octanol–water partition coefficient (Wildman–Crippen LogP) is 6.69. The van der Waals surface area contributed by atoms with Crippen LogP contribution >= 0.6 is 0 Å². The maximum absolute atomic E-state index is 14.6. The fourth-order valence-electron chi connectivity index (χ4n) is 3.83. The number of nitrogen functional groups attached to an aromatic ring is 2. The van der Waals surface area contributed by atoms with Gasteiger partial charge in [0.2, 0.25) is 0 Å². The molecular weight excluding hydrogens is 565 g/mol. The number of hydrogen-bond acceptors (Lipinski definition) is 8. The number of rotatable bonds is 17. The van der Waals surface area contributed by atoms with Crippen LogP contribution in [0.1, 0.15) is 53.6 Å². The zero-order valence-corrected chi connectivity index (χ0v) is 23.6. The molecule has 230 valence electrons. The fourth-order valence-corrected chi connectivity index (χ4v) is 3.83. The number of ether oxygens (including phenoxy) is 4. The average Bonchev–Trinajstić information content (AvgIpc) is 2.98. The molecule has 11 heteroatoms. The van der Waals surface area contributed by atoms with Gasteiger partial charge in [0.1, 0.15) is 11.5 Å². The molecule has 43 heavy (non-hydrogen) atoms. The van der Waals surface area contributed by atoms with E-state index in [4.69, 9.17) is 30.4 Å². The molecule has 0 fully saturated rings. The first-order chi connectivity index (χ1) is 20.7. The van der Waals surface area contributed by atoms with Gasteiger partial charge in [0.15, 0.2) is 0 Å². The van der Waals surface area contributed by atoms with Crippen LogP contribution in [0.5, 0.6) is 11.5 Å². The van der Waals surface area contributed by atoms with Crippen molar-refractivity contribution < 1.29 is 41.7 Å². The van der Waals surface area contributed by atoms with E-state index >= 15 is 0 Å². The van der Waals surface area contributed by atoms with Gasteiger partial charge in [0.25, 0.3) is 0 Å². The Morgan fingerprint density at radius 3 is 1.98 bits per heavy atom. The van der Waals surface area contributed by atoms with E-state index in [1.54, 1.807) is 6.07 Å². The van der Waals surface area contributed by atoms with Crippen molar-refractivity contribution in [1.82, 2.24) is 0 Å².